The van der Waals surface area contributed by atoms with Gasteiger partial charge in [0.15, 0.2) is 0 Å². The second kappa shape index (κ2) is 8.44. The van der Waals surface area contributed by atoms with Crippen LogP contribution in [0.4, 0.5) is 0 Å². The number of Topliss-reactive ketones (excluding diaryl/α,β-unsaturated/α-hetero) is 1. The number of H-pyrrole nitrogens is 1. The first-order chi connectivity index (χ1) is 12.0. The molecule has 0 radical (unpaired) electrons. The molecule has 11 heteroatoms. The first-order valence-electron chi connectivity index (χ1n) is 7.17. The van der Waals surface area contributed by atoms with Crippen molar-refractivity contribution in [2.45, 2.75) is 6.42 Å². The highest BCUT2D eigenvalue weighted by atomic mass is 32.2. The van der Waals surface area contributed by atoms with E-state index >= 15 is 0 Å². The lowest BCUT2D eigenvalue weighted by Gasteiger charge is -2.11. The minimum absolute atomic E-state index is 0.0340. The van der Waals surface area contributed by atoms with E-state index in [4.69, 9.17) is 4.74 Å². The van der Waals surface area contributed by atoms with Crippen LogP contribution in [0.5, 0.6) is 0 Å². The Morgan fingerprint density at radius 1 is 1.40 bits per heavy atom. The number of fused-ring (bicyclic) bond motifs is 1. The summed E-state index contributed by atoms with van der Waals surface area (Å²) < 4.78 is 4.94. The van der Waals surface area contributed by atoms with Crippen LogP contribution < -0.4 is 5.32 Å². The third-order valence-electron chi connectivity index (χ3n) is 3.18. The van der Waals surface area contributed by atoms with Crippen molar-refractivity contribution in [2.75, 3.05) is 26.0 Å². The lowest BCUT2D eigenvalue weighted by Crippen LogP contribution is -2.23. The van der Waals surface area contributed by atoms with Crippen molar-refractivity contribution in [3.05, 3.63) is 32.8 Å². The van der Waals surface area contributed by atoms with E-state index in [0.29, 0.717) is 12.2 Å². The Morgan fingerprint density at radius 3 is 2.84 bits per heavy atom. The molecule has 25 heavy (non-hydrogen) atoms. The molecular weight excluding hydrogens is 352 g/mol. The van der Waals surface area contributed by atoms with Gasteiger partial charge >= 0.3 is 5.91 Å². The highest BCUT2D eigenvalue weighted by molar-refractivity contribution is 8.04. The van der Waals surface area contributed by atoms with Crippen LogP contribution in [-0.2, 0) is 9.53 Å². The number of ketones is 2. The van der Waals surface area contributed by atoms with Gasteiger partial charge in [-0.25, -0.2) is 0 Å². The Balaban J connectivity index is 1.95. The Morgan fingerprint density at radius 2 is 2.16 bits per heavy atom. The lowest BCUT2D eigenvalue weighted by molar-refractivity contribution is -0.122. The lowest BCUT2D eigenvalue weighted by atomic mass is 9.99. The zero-order valence-corrected chi connectivity index (χ0v) is 14.0. The number of hydrogen-bond acceptors (Lipinski definition) is 8. The van der Waals surface area contributed by atoms with Gasteiger partial charge < -0.3 is 10.1 Å². The van der Waals surface area contributed by atoms with Crippen molar-refractivity contribution in [1.82, 2.24) is 15.5 Å². The summed E-state index contributed by atoms with van der Waals surface area (Å²) in [5.74, 6) is -1.90. The fourth-order valence-electron chi connectivity index (χ4n) is 2.04. The number of amides is 2. The zero-order chi connectivity index (χ0) is 18.4. The van der Waals surface area contributed by atoms with Crippen LogP contribution in [0.1, 0.15) is 37.8 Å². The monoisotopic (exact) mass is 366 g/mol. The summed E-state index contributed by atoms with van der Waals surface area (Å²) in [7, 11) is 1.40. The highest BCUT2D eigenvalue weighted by Gasteiger charge is 2.33. The van der Waals surface area contributed by atoms with E-state index in [9.17, 15) is 24.1 Å². The van der Waals surface area contributed by atoms with Crippen LogP contribution in [0, 0.1) is 4.91 Å². The van der Waals surface area contributed by atoms with Gasteiger partial charge in [0, 0.05) is 30.7 Å². The summed E-state index contributed by atoms with van der Waals surface area (Å²) >= 11 is 1.14. The van der Waals surface area contributed by atoms with Gasteiger partial charge in [0.2, 0.25) is 11.6 Å². The van der Waals surface area contributed by atoms with E-state index in [0.717, 1.165) is 11.8 Å². The minimum atomic E-state index is -0.891. The predicted octanol–water partition coefficient (Wildman–Crippen LogP) is 0.465. The largest absolute Gasteiger partial charge is 0.371 e. The molecule has 0 atom stereocenters. The Labute approximate surface area is 145 Å². The number of rotatable bonds is 8. The van der Waals surface area contributed by atoms with E-state index in [1.165, 1.54) is 13.1 Å². The van der Waals surface area contributed by atoms with Gasteiger partial charge in [0.1, 0.15) is 18.0 Å². The third kappa shape index (κ3) is 4.25. The van der Waals surface area contributed by atoms with Crippen molar-refractivity contribution < 1.29 is 23.9 Å². The number of aromatic nitrogens is 2. The van der Waals surface area contributed by atoms with Crippen LogP contribution in [-0.4, -0.2) is 59.6 Å². The van der Waals surface area contributed by atoms with Gasteiger partial charge in [-0.1, -0.05) is 0 Å². The number of allylic oxidation sites excluding steroid dienone is 2. The van der Waals surface area contributed by atoms with Gasteiger partial charge in [0.25, 0.3) is 5.91 Å². The normalized spacial score (nSPS) is 13.2. The molecule has 1 heterocycles. The van der Waals surface area contributed by atoms with E-state index in [1.807, 2.05) is 0 Å². The first-order valence-corrected chi connectivity index (χ1v) is 8.16. The Hall–Kier alpha value is -2.66. The predicted molar refractivity (Wildman–Crippen MR) is 87.4 cm³/mol. The van der Waals surface area contributed by atoms with Crippen LogP contribution in [0.3, 0.4) is 0 Å². The maximum absolute atomic E-state index is 12.5. The first kappa shape index (κ1) is 18.7. The molecule has 0 saturated heterocycles. The number of thioether (sulfide) groups is 1. The van der Waals surface area contributed by atoms with Crippen molar-refractivity contribution in [1.29, 1.82) is 0 Å². The van der Waals surface area contributed by atoms with E-state index in [1.54, 1.807) is 0 Å². The summed E-state index contributed by atoms with van der Waals surface area (Å²) in [6, 6.07) is 0. The van der Waals surface area contributed by atoms with Crippen LogP contribution in [0.15, 0.2) is 16.2 Å². The molecule has 132 valence electrons. The highest BCUT2D eigenvalue weighted by Crippen LogP contribution is 2.29. The third-order valence-corrected chi connectivity index (χ3v) is 4.29. The van der Waals surface area contributed by atoms with Crippen LogP contribution in [0.25, 0.3) is 0 Å². The van der Waals surface area contributed by atoms with Crippen molar-refractivity contribution in [2.24, 2.45) is 5.18 Å². The molecule has 1 aliphatic carbocycles. The van der Waals surface area contributed by atoms with E-state index in [2.05, 4.69) is 20.7 Å². The molecule has 2 amide bonds. The van der Waals surface area contributed by atoms with Crippen LogP contribution >= 0.6 is 11.8 Å². The van der Waals surface area contributed by atoms with Gasteiger partial charge in [-0.05, 0) is 6.42 Å². The van der Waals surface area contributed by atoms with Crippen molar-refractivity contribution in [3.63, 3.8) is 0 Å². The van der Waals surface area contributed by atoms with Crippen LogP contribution in [0.2, 0.25) is 0 Å². The number of hydrogen-bond donors (Lipinski definition) is 2. The number of ether oxygens (including phenoxy) is 1. The molecule has 2 rings (SSSR count). The molecule has 0 unspecified atom stereocenters. The summed E-state index contributed by atoms with van der Waals surface area (Å²) in [5.41, 5.74) is -0.158. The molecule has 0 aliphatic heterocycles. The van der Waals surface area contributed by atoms with Gasteiger partial charge in [-0.15, -0.1) is 16.7 Å². The molecule has 0 aromatic carbocycles. The Kier molecular flexibility index (Phi) is 6.31. The molecule has 0 bridgehead atoms. The number of nitroso groups, excluding NO2 is 1. The fraction of sp³-hybridized carbons (Fsp3) is 0.357. The van der Waals surface area contributed by atoms with Crippen molar-refractivity contribution >= 4 is 35.1 Å². The Bertz CT molecular complexity index is 769. The number of nitrogens with zero attached hydrogens (tertiary/aromatic N) is 2. The fourth-order valence-corrected chi connectivity index (χ4v) is 2.95. The maximum atomic E-state index is 12.5. The topological polar surface area (TPSA) is 148 Å². The summed E-state index contributed by atoms with van der Waals surface area (Å²) in [6.07, 6.45) is 1.67. The average molecular weight is 366 g/mol. The molecule has 2 N–H and O–H groups in total. The number of aromatic amines is 1. The zero-order valence-electron chi connectivity index (χ0n) is 13.2. The second-order valence-electron chi connectivity index (χ2n) is 4.84. The standard InChI is InChI=1S/C14H14N4O6S/c1-15-14(22)12-10-11(16-17-12)7(19)5-8(13(10)21)25-4-2-3-24-6-9(20)18-23/h5H,2-4,6H2,1H3,(H,15,22)(H,16,17). The molecule has 0 spiro atoms. The van der Waals surface area contributed by atoms with Gasteiger partial charge in [0.05, 0.1) is 10.5 Å². The smallest absolute Gasteiger partial charge is 0.311 e. The molecule has 1 aliphatic rings. The van der Waals surface area contributed by atoms with E-state index < -0.39 is 23.4 Å². The summed E-state index contributed by atoms with van der Waals surface area (Å²) in [5, 5.41) is 10.7. The molecule has 0 saturated carbocycles. The molecule has 10 nitrogen and oxygen atoms in total. The van der Waals surface area contributed by atoms with Crippen molar-refractivity contribution in [3.8, 4) is 0 Å². The van der Waals surface area contributed by atoms with Gasteiger partial charge in [-0.2, -0.15) is 5.10 Å². The summed E-state index contributed by atoms with van der Waals surface area (Å²) in [6.45, 7) is -0.188. The molecule has 1 aromatic heterocycles. The molecule has 0 fully saturated rings. The second-order valence-corrected chi connectivity index (χ2v) is 5.98. The number of nitrogens with one attached hydrogen (secondary N) is 2. The van der Waals surface area contributed by atoms with Gasteiger partial charge in [-0.3, -0.25) is 24.3 Å². The average Bonchev–Trinajstić information content (AvgIpc) is 3.06. The maximum Gasteiger partial charge on any atom is 0.311 e. The number of carbonyl (C=O) groups excluding carboxylic acids is 4. The SMILES string of the molecule is CNC(=O)c1[nH]nc2c1C(=O)C(SCCCOCC(=O)N=O)=CC2=O. The molecule has 1 aromatic rings. The summed E-state index contributed by atoms with van der Waals surface area (Å²) in [4.78, 5) is 57.0. The van der Waals surface area contributed by atoms with E-state index in [-0.39, 0.29) is 35.1 Å². The minimum Gasteiger partial charge on any atom is -0.371 e. The molecular formula is C14H14N4O6S. The number of carbonyl (C=O) groups is 4. The quantitative estimate of drug-likeness (QED) is 0.498.